The van der Waals surface area contributed by atoms with E-state index in [4.69, 9.17) is 0 Å². The van der Waals surface area contributed by atoms with Gasteiger partial charge in [0.25, 0.3) is 0 Å². The number of nitrogens with one attached hydrogen (secondary N) is 1. The van der Waals surface area contributed by atoms with Crippen molar-refractivity contribution in [3.8, 4) is 5.75 Å². The highest BCUT2D eigenvalue weighted by atomic mass is 32.2. The maximum atomic E-state index is 11.5. The number of β-amino-alcohol motifs (C(OH)–C–C–N with tert-alkyl or cyclic N) is 1. The molecule has 1 aromatic carbocycles. The summed E-state index contributed by atoms with van der Waals surface area (Å²) in [4.78, 5) is -0.167. The Morgan fingerprint density at radius 2 is 1.89 bits per heavy atom. The first-order valence-corrected chi connectivity index (χ1v) is 7.86. The van der Waals surface area contributed by atoms with Crippen LogP contribution in [0.5, 0.6) is 5.75 Å². The van der Waals surface area contributed by atoms with Crippen molar-refractivity contribution in [2.24, 2.45) is 0 Å². The molecule has 0 radical (unpaired) electrons. The van der Waals surface area contributed by atoms with Gasteiger partial charge in [0.1, 0.15) is 10.6 Å². The van der Waals surface area contributed by atoms with Crippen molar-refractivity contribution in [3.63, 3.8) is 0 Å². The van der Waals surface area contributed by atoms with Crippen LogP contribution in [0, 0.1) is 0 Å². The van der Waals surface area contributed by atoms with Gasteiger partial charge >= 0.3 is 0 Å². The molecule has 1 rings (SSSR count). The smallest absolute Gasteiger partial charge is 0.179 e. The molecule has 19 heavy (non-hydrogen) atoms. The van der Waals surface area contributed by atoms with Gasteiger partial charge in [-0.25, -0.2) is 8.42 Å². The summed E-state index contributed by atoms with van der Waals surface area (Å²) in [5.74, 6) is -0.303. The fraction of sp³-hybridized carbons (Fsp3) is 0.538. The normalized spacial score (nSPS) is 14.4. The molecule has 0 amide bonds. The molecule has 108 valence electrons. The first kappa shape index (κ1) is 15.9. The van der Waals surface area contributed by atoms with Gasteiger partial charge in [-0.05, 0) is 38.5 Å². The monoisotopic (exact) mass is 287 g/mol. The number of rotatable bonds is 4. The summed E-state index contributed by atoms with van der Waals surface area (Å²) in [7, 11) is -3.51. The van der Waals surface area contributed by atoms with Crippen LogP contribution in [0.1, 0.15) is 32.4 Å². The molecule has 0 spiro atoms. The van der Waals surface area contributed by atoms with Crippen molar-refractivity contribution in [1.82, 2.24) is 5.32 Å². The van der Waals surface area contributed by atoms with Crippen LogP contribution in [-0.2, 0) is 9.84 Å². The van der Waals surface area contributed by atoms with Crippen molar-refractivity contribution in [1.29, 1.82) is 0 Å². The highest BCUT2D eigenvalue weighted by Crippen LogP contribution is 2.26. The SMILES string of the molecule is CC(C)(C)NCC(O)c1ccc(O)c(S(C)(=O)=O)c1. The Morgan fingerprint density at radius 1 is 1.32 bits per heavy atom. The van der Waals surface area contributed by atoms with Crippen LogP contribution in [0.25, 0.3) is 0 Å². The third-order valence-corrected chi connectivity index (χ3v) is 3.72. The van der Waals surface area contributed by atoms with Gasteiger partial charge in [0.15, 0.2) is 9.84 Å². The van der Waals surface area contributed by atoms with Crippen molar-refractivity contribution in [2.45, 2.75) is 37.3 Å². The maximum Gasteiger partial charge on any atom is 0.179 e. The van der Waals surface area contributed by atoms with E-state index in [1.165, 1.54) is 18.2 Å². The van der Waals surface area contributed by atoms with Gasteiger partial charge < -0.3 is 15.5 Å². The van der Waals surface area contributed by atoms with Gasteiger partial charge in [-0.1, -0.05) is 6.07 Å². The Hall–Kier alpha value is -1.11. The number of phenolic OH excluding ortho intramolecular Hbond substituents is 1. The zero-order chi connectivity index (χ0) is 14.8. The minimum Gasteiger partial charge on any atom is -0.507 e. The average molecular weight is 287 g/mol. The molecule has 0 aliphatic rings. The van der Waals surface area contributed by atoms with E-state index in [1.54, 1.807) is 0 Å². The Bertz CT molecular complexity index is 546. The van der Waals surface area contributed by atoms with E-state index in [0.717, 1.165) is 6.26 Å². The van der Waals surface area contributed by atoms with Gasteiger partial charge in [-0.3, -0.25) is 0 Å². The summed E-state index contributed by atoms with van der Waals surface area (Å²) in [5.41, 5.74) is 0.312. The molecule has 0 aliphatic carbocycles. The molecule has 0 heterocycles. The van der Waals surface area contributed by atoms with Gasteiger partial charge in [0.05, 0.1) is 6.10 Å². The maximum absolute atomic E-state index is 11.5. The predicted octanol–water partition coefficient (Wildman–Crippen LogP) is 1.22. The summed E-state index contributed by atoms with van der Waals surface area (Å²) in [6.45, 7) is 6.22. The molecular weight excluding hydrogens is 266 g/mol. The van der Waals surface area contributed by atoms with Gasteiger partial charge in [-0.15, -0.1) is 0 Å². The molecule has 5 nitrogen and oxygen atoms in total. The van der Waals surface area contributed by atoms with Crippen molar-refractivity contribution in [2.75, 3.05) is 12.8 Å². The second-order valence-electron chi connectivity index (χ2n) is 5.65. The lowest BCUT2D eigenvalue weighted by molar-refractivity contribution is 0.163. The lowest BCUT2D eigenvalue weighted by atomic mass is 10.1. The Kier molecular flexibility index (Phi) is 4.60. The molecule has 0 fully saturated rings. The molecular formula is C13H21NO4S. The van der Waals surface area contributed by atoms with Crippen molar-refractivity contribution in [3.05, 3.63) is 23.8 Å². The van der Waals surface area contributed by atoms with Crippen LogP contribution >= 0.6 is 0 Å². The zero-order valence-electron chi connectivity index (χ0n) is 11.6. The summed E-state index contributed by atoms with van der Waals surface area (Å²) in [6, 6.07) is 4.10. The first-order chi connectivity index (χ1) is 8.50. The van der Waals surface area contributed by atoms with Gasteiger partial charge in [0, 0.05) is 18.3 Å². The minimum absolute atomic E-state index is 0.141. The standard InChI is InChI=1S/C13H21NO4S/c1-13(2,3)14-8-11(16)9-5-6-10(15)12(7-9)19(4,17)18/h5-7,11,14-16H,8H2,1-4H3. The van der Waals surface area contributed by atoms with Gasteiger partial charge in [-0.2, -0.15) is 0 Å². The van der Waals surface area contributed by atoms with E-state index < -0.39 is 15.9 Å². The Balaban J connectivity index is 2.97. The van der Waals surface area contributed by atoms with Crippen LogP contribution in [-0.4, -0.2) is 37.0 Å². The summed E-state index contributed by atoms with van der Waals surface area (Å²) >= 11 is 0. The van der Waals surface area contributed by atoms with E-state index >= 15 is 0 Å². The molecule has 1 atom stereocenters. The largest absolute Gasteiger partial charge is 0.507 e. The van der Waals surface area contributed by atoms with E-state index in [1.807, 2.05) is 20.8 Å². The van der Waals surface area contributed by atoms with Crippen molar-refractivity contribution < 1.29 is 18.6 Å². The lowest BCUT2D eigenvalue weighted by Gasteiger charge is -2.23. The van der Waals surface area contributed by atoms with Crippen LogP contribution in [0.4, 0.5) is 0 Å². The summed E-state index contributed by atoms with van der Waals surface area (Å²) in [5, 5.41) is 22.7. The quantitative estimate of drug-likeness (QED) is 0.775. The van der Waals surface area contributed by atoms with E-state index in [9.17, 15) is 18.6 Å². The zero-order valence-corrected chi connectivity index (χ0v) is 12.5. The number of aliphatic hydroxyl groups excluding tert-OH is 1. The number of aromatic hydroxyl groups is 1. The molecule has 0 aromatic heterocycles. The molecule has 0 aliphatic heterocycles. The van der Waals surface area contributed by atoms with E-state index in [-0.39, 0.29) is 16.2 Å². The highest BCUT2D eigenvalue weighted by molar-refractivity contribution is 7.90. The number of hydrogen-bond acceptors (Lipinski definition) is 5. The van der Waals surface area contributed by atoms with Crippen LogP contribution < -0.4 is 5.32 Å². The molecule has 1 aromatic rings. The molecule has 0 saturated carbocycles. The average Bonchev–Trinajstić information content (AvgIpc) is 2.24. The van der Waals surface area contributed by atoms with Crippen molar-refractivity contribution >= 4 is 9.84 Å². The summed E-state index contributed by atoms with van der Waals surface area (Å²) in [6.07, 6.45) is 0.186. The second-order valence-corrected chi connectivity index (χ2v) is 7.63. The fourth-order valence-corrected chi connectivity index (χ4v) is 2.35. The van der Waals surface area contributed by atoms with Crippen LogP contribution in [0.15, 0.2) is 23.1 Å². The molecule has 6 heteroatoms. The van der Waals surface area contributed by atoms with Gasteiger partial charge in [0.2, 0.25) is 0 Å². The third-order valence-electron chi connectivity index (χ3n) is 2.59. The topological polar surface area (TPSA) is 86.6 Å². The minimum atomic E-state index is -3.51. The third kappa shape index (κ3) is 4.81. The van der Waals surface area contributed by atoms with E-state index in [0.29, 0.717) is 12.1 Å². The predicted molar refractivity (Wildman–Crippen MR) is 73.9 cm³/mol. The lowest BCUT2D eigenvalue weighted by Crippen LogP contribution is -2.38. The second kappa shape index (κ2) is 5.48. The molecule has 3 N–H and O–H groups in total. The van der Waals surface area contributed by atoms with E-state index in [2.05, 4.69) is 5.32 Å². The number of phenols is 1. The molecule has 0 saturated heterocycles. The number of aliphatic hydroxyl groups is 1. The Morgan fingerprint density at radius 3 is 2.37 bits per heavy atom. The molecule has 1 unspecified atom stereocenters. The Labute approximate surface area is 114 Å². The first-order valence-electron chi connectivity index (χ1n) is 5.97. The molecule has 0 bridgehead atoms. The number of benzene rings is 1. The van der Waals surface area contributed by atoms with Crippen LogP contribution in [0.3, 0.4) is 0 Å². The highest BCUT2D eigenvalue weighted by Gasteiger charge is 2.18. The summed E-state index contributed by atoms with van der Waals surface area (Å²) < 4.78 is 23.0. The number of hydrogen-bond donors (Lipinski definition) is 3. The van der Waals surface area contributed by atoms with Crippen LogP contribution in [0.2, 0.25) is 0 Å². The fourth-order valence-electron chi connectivity index (χ4n) is 1.56. The number of sulfone groups is 1.